The van der Waals surface area contributed by atoms with Crippen LogP contribution in [0.1, 0.15) is 27.7 Å². The second kappa shape index (κ2) is 18.9. The Kier molecular flexibility index (Phi) is 12.9. The molecule has 9 rings (SSSR count). The zero-order valence-corrected chi connectivity index (χ0v) is 41.2. The van der Waals surface area contributed by atoms with Gasteiger partial charge in [-0.15, -0.1) is 0 Å². The van der Waals surface area contributed by atoms with Gasteiger partial charge in [0.2, 0.25) is 0 Å². The zero-order valence-electron chi connectivity index (χ0n) is 37.2. The molecule has 0 aromatic heterocycles. The minimum Gasteiger partial charge on any atom is -0.415 e. The third-order valence-corrected chi connectivity index (χ3v) is 32.2. The minimum atomic E-state index is -3.79. The summed E-state index contributed by atoms with van der Waals surface area (Å²) in [7, 11) is -13.6. The van der Waals surface area contributed by atoms with Gasteiger partial charge in [0.05, 0.1) is 0 Å². The van der Waals surface area contributed by atoms with Crippen molar-refractivity contribution in [3.63, 3.8) is 0 Å². The molecule has 320 valence electrons. The Labute approximate surface area is 384 Å². The van der Waals surface area contributed by atoms with E-state index >= 15 is 0 Å². The standard InChI is InChI=1S/C56H56O4Si4/c1-5-61(6-2)57-62(7-3,8-4)59-64(55-41-33-51(34-42-55)47-25-17-11-18-26-47,56-43-35-52(36-44-56)48-27-19-12-20-28-48)60-63(58-61,53-37-29-49(30-38-53)45-21-13-9-14-22-45)54-39-31-50(32-40-54)46-23-15-10-16-24-46/h9-44H,5-8H2,1-4H3. The molecule has 0 amide bonds. The van der Waals surface area contributed by atoms with Gasteiger partial charge in [0.25, 0.3) is 0 Å². The molecule has 0 saturated carbocycles. The molecule has 1 heterocycles. The molecule has 1 aliphatic rings. The Morgan fingerprint density at radius 1 is 0.234 bits per heavy atom. The molecule has 0 spiro atoms. The summed E-state index contributed by atoms with van der Waals surface area (Å²) in [6, 6.07) is 81.3. The highest BCUT2D eigenvalue weighted by atomic mass is 28.5. The monoisotopic (exact) mass is 904 g/mol. The second-order valence-corrected chi connectivity index (χ2v) is 31.2. The molecule has 0 atom stereocenters. The Morgan fingerprint density at radius 3 is 0.641 bits per heavy atom. The predicted molar refractivity (Wildman–Crippen MR) is 275 cm³/mol. The highest BCUT2D eigenvalue weighted by Gasteiger charge is 2.64. The van der Waals surface area contributed by atoms with Gasteiger partial charge in [-0.2, -0.15) is 0 Å². The average Bonchev–Trinajstić information content (AvgIpc) is 3.38. The molecule has 0 unspecified atom stereocenters. The molecule has 1 saturated heterocycles. The van der Waals surface area contributed by atoms with Crippen molar-refractivity contribution in [2.45, 2.75) is 51.9 Å². The van der Waals surface area contributed by atoms with Crippen LogP contribution in [0.3, 0.4) is 0 Å². The molecule has 0 bridgehead atoms. The van der Waals surface area contributed by atoms with Crippen LogP contribution in [0.15, 0.2) is 218 Å². The lowest BCUT2D eigenvalue weighted by molar-refractivity contribution is 0.238. The molecule has 1 fully saturated rings. The molecular formula is C56H56O4Si4. The topological polar surface area (TPSA) is 36.9 Å². The number of rotatable bonds is 12. The van der Waals surface area contributed by atoms with Crippen LogP contribution in [0.5, 0.6) is 0 Å². The molecule has 8 aromatic carbocycles. The summed E-state index contributed by atoms with van der Waals surface area (Å²) in [5.41, 5.74) is 9.21. The largest absolute Gasteiger partial charge is 0.415 e. The predicted octanol–water partition coefficient (Wildman–Crippen LogP) is 12.2. The van der Waals surface area contributed by atoms with Crippen LogP contribution in [0.4, 0.5) is 0 Å². The van der Waals surface area contributed by atoms with Crippen molar-refractivity contribution < 1.29 is 16.5 Å². The fourth-order valence-electron chi connectivity index (χ4n) is 9.08. The first kappa shape index (κ1) is 43.7. The third-order valence-electron chi connectivity index (χ3n) is 13.0. The lowest BCUT2D eigenvalue weighted by Gasteiger charge is -2.53. The van der Waals surface area contributed by atoms with Crippen molar-refractivity contribution in [3.8, 4) is 44.5 Å². The molecule has 64 heavy (non-hydrogen) atoms. The summed E-state index contributed by atoms with van der Waals surface area (Å²) < 4.78 is 32.8. The lowest BCUT2D eigenvalue weighted by atomic mass is 10.1. The van der Waals surface area contributed by atoms with Gasteiger partial charge < -0.3 is 16.5 Å². The SMILES string of the molecule is CC[Si]1(CC)O[Si](CC)(CC)O[Si](c2ccc(-c3ccccc3)cc2)(c2ccc(-c3ccccc3)cc2)O[Si](c2ccc(-c3ccccc3)cc2)(c2ccc(-c3ccccc3)cc2)O1. The van der Waals surface area contributed by atoms with Gasteiger partial charge in [0, 0.05) is 0 Å². The van der Waals surface area contributed by atoms with Crippen molar-refractivity contribution >= 4 is 55.0 Å². The summed E-state index contributed by atoms with van der Waals surface area (Å²) in [4.78, 5) is 0. The quantitative estimate of drug-likeness (QED) is 0.114. The fraction of sp³-hybridized carbons (Fsp3) is 0.143. The van der Waals surface area contributed by atoms with Crippen LogP contribution >= 0.6 is 0 Å². The minimum absolute atomic E-state index is 0.774. The smallest absolute Gasteiger partial charge is 0.389 e. The van der Waals surface area contributed by atoms with Crippen molar-refractivity contribution in [2.24, 2.45) is 0 Å². The molecule has 0 radical (unpaired) electrons. The summed E-state index contributed by atoms with van der Waals surface area (Å²) >= 11 is 0. The van der Waals surface area contributed by atoms with Gasteiger partial charge in [-0.05, 0) is 89.4 Å². The van der Waals surface area contributed by atoms with E-state index < -0.39 is 34.2 Å². The van der Waals surface area contributed by atoms with Crippen molar-refractivity contribution in [1.82, 2.24) is 0 Å². The van der Waals surface area contributed by atoms with E-state index in [0.717, 1.165) is 89.4 Å². The van der Waals surface area contributed by atoms with Crippen molar-refractivity contribution in [3.05, 3.63) is 218 Å². The van der Waals surface area contributed by atoms with E-state index in [9.17, 15) is 0 Å². The third kappa shape index (κ3) is 8.56. The van der Waals surface area contributed by atoms with Crippen LogP contribution < -0.4 is 20.7 Å². The van der Waals surface area contributed by atoms with Gasteiger partial charge in [-0.25, -0.2) is 0 Å². The Morgan fingerprint density at radius 2 is 0.438 bits per heavy atom. The van der Waals surface area contributed by atoms with Crippen LogP contribution in [0, 0.1) is 0 Å². The second-order valence-electron chi connectivity index (χ2n) is 16.7. The highest BCUT2D eigenvalue weighted by molar-refractivity contribution is 7.10. The summed E-state index contributed by atoms with van der Waals surface area (Å²) in [6.45, 7) is 8.97. The first-order valence-corrected chi connectivity index (χ1v) is 30.9. The normalized spacial score (nSPS) is 16.3. The van der Waals surface area contributed by atoms with E-state index in [2.05, 4.69) is 246 Å². The fourth-order valence-corrected chi connectivity index (χ4v) is 32.2. The number of benzene rings is 8. The van der Waals surface area contributed by atoms with Crippen LogP contribution in [-0.4, -0.2) is 34.2 Å². The Bertz CT molecular complexity index is 2370. The van der Waals surface area contributed by atoms with E-state index in [1.165, 1.54) is 0 Å². The van der Waals surface area contributed by atoms with Gasteiger partial charge in [0.15, 0.2) is 0 Å². The lowest BCUT2D eigenvalue weighted by Crippen LogP contribution is -2.81. The molecule has 4 nitrogen and oxygen atoms in total. The van der Waals surface area contributed by atoms with E-state index in [1.54, 1.807) is 0 Å². The summed E-state index contributed by atoms with van der Waals surface area (Å²) in [6.07, 6.45) is 0. The molecule has 0 aliphatic carbocycles. The Hall–Kier alpha value is -5.53. The van der Waals surface area contributed by atoms with Crippen LogP contribution in [0.2, 0.25) is 24.2 Å². The maximum absolute atomic E-state index is 8.53. The molecule has 8 aromatic rings. The van der Waals surface area contributed by atoms with Gasteiger partial charge in [0.1, 0.15) is 0 Å². The first-order valence-electron chi connectivity index (χ1n) is 22.8. The maximum Gasteiger partial charge on any atom is 0.389 e. The highest BCUT2D eigenvalue weighted by Crippen LogP contribution is 2.39. The Balaban J connectivity index is 1.33. The van der Waals surface area contributed by atoms with Gasteiger partial charge in [-0.1, -0.05) is 246 Å². The summed E-state index contributed by atoms with van der Waals surface area (Å²) in [5.74, 6) is 0. The van der Waals surface area contributed by atoms with E-state index in [-0.39, 0.29) is 0 Å². The molecule has 1 aliphatic heterocycles. The summed E-state index contributed by atoms with van der Waals surface area (Å²) in [5, 5.41) is 4.14. The number of hydrogen-bond donors (Lipinski definition) is 0. The van der Waals surface area contributed by atoms with E-state index in [0.29, 0.717) is 0 Å². The van der Waals surface area contributed by atoms with E-state index in [1.807, 2.05) is 0 Å². The van der Waals surface area contributed by atoms with Crippen molar-refractivity contribution in [1.29, 1.82) is 0 Å². The average molecular weight is 905 g/mol. The maximum atomic E-state index is 8.53. The van der Waals surface area contributed by atoms with Crippen LogP contribution in [0.25, 0.3) is 44.5 Å². The first-order chi connectivity index (χ1) is 31.4. The van der Waals surface area contributed by atoms with Gasteiger partial charge in [-0.3, -0.25) is 0 Å². The van der Waals surface area contributed by atoms with Gasteiger partial charge >= 0.3 is 34.2 Å². The van der Waals surface area contributed by atoms with Crippen LogP contribution in [-0.2, 0) is 16.5 Å². The molecule has 0 N–H and O–H groups in total. The van der Waals surface area contributed by atoms with E-state index in [4.69, 9.17) is 16.5 Å². The zero-order chi connectivity index (χ0) is 44.0. The molecular weight excluding hydrogens is 849 g/mol. The number of hydrogen-bond acceptors (Lipinski definition) is 4. The van der Waals surface area contributed by atoms with Crippen molar-refractivity contribution in [2.75, 3.05) is 0 Å². The molecule has 8 heteroatoms.